The van der Waals surface area contributed by atoms with Crippen molar-refractivity contribution in [1.29, 1.82) is 5.26 Å². The summed E-state index contributed by atoms with van der Waals surface area (Å²) < 4.78 is 0. The number of nitrogens with zero attached hydrogens (tertiary/aromatic N) is 1. The zero-order valence-electron chi connectivity index (χ0n) is 11.3. The molecule has 0 saturated carbocycles. The molecule has 3 nitrogen and oxygen atoms in total. The van der Waals surface area contributed by atoms with Gasteiger partial charge in [0.25, 0.3) is 0 Å². The molecule has 3 heteroatoms. The van der Waals surface area contributed by atoms with E-state index in [2.05, 4.69) is 41.0 Å². The lowest BCUT2D eigenvalue weighted by Crippen LogP contribution is -2.15. The van der Waals surface area contributed by atoms with Crippen molar-refractivity contribution < 1.29 is 0 Å². The molecule has 20 heavy (non-hydrogen) atoms. The molecule has 1 aliphatic rings. The third kappa shape index (κ3) is 2.66. The molecule has 100 valence electrons. The summed E-state index contributed by atoms with van der Waals surface area (Å²) in [5.41, 5.74) is 4.39. The largest absolute Gasteiger partial charge is 0.378 e. The first kappa shape index (κ1) is 12.7. The van der Waals surface area contributed by atoms with Crippen molar-refractivity contribution in [2.45, 2.75) is 19.0 Å². The van der Waals surface area contributed by atoms with Crippen LogP contribution in [0.3, 0.4) is 0 Å². The first-order valence-corrected chi connectivity index (χ1v) is 6.92. The Morgan fingerprint density at radius 2 is 2.05 bits per heavy atom. The van der Waals surface area contributed by atoms with Gasteiger partial charge >= 0.3 is 0 Å². The predicted molar refractivity (Wildman–Crippen MR) is 80.3 cm³/mol. The first-order chi connectivity index (χ1) is 9.86. The molecule has 2 aromatic carbocycles. The molecule has 1 unspecified atom stereocenters. The number of hydrogen-bond donors (Lipinski definition) is 2. The summed E-state index contributed by atoms with van der Waals surface area (Å²) in [6.45, 7) is 1.91. The molecule has 1 aliphatic heterocycles. The Balaban J connectivity index is 1.88. The molecule has 3 rings (SSSR count). The smallest absolute Gasteiger partial charge is 0.0992 e. The van der Waals surface area contributed by atoms with E-state index >= 15 is 0 Å². The molecule has 1 heterocycles. The predicted octanol–water partition coefficient (Wildman–Crippen LogP) is 3.20. The van der Waals surface area contributed by atoms with Gasteiger partial charge in [-0.15, -0.1) is 0 Å². The van der Waals surface area contributed by atoms with Crippen molar-refractivity contribution in [1.82, 2.24) is 5.32 Å². The fourth-order valence-corrected chi connectivity index (χ4v) is 2.69. The van der Waals surface area contributed by atoms with E-state index in [9.17, 15) is 0 Å². The van der Waals surface area contributed by atoms with Crippen LogP contribution in [0.4, 0.5) is 5.69 Å². The molecule has 0 amide bonds. The van der Waals surface area contributed by atoms with Gasteiger partial charge in [0, 0.05) is 12.2 Å². The summed E-state index contributed by atoms with van der Waals surface area (Å²) in [5.74, 6) is 0. The zero-order chi connectivity index (χ0) is 13.8. The van der Waals surface area contributed by atoms with Crippen LogP contribution in [-0.2, 0) is 6.54 Å². The highest BCUT2D eigenvalue weighted by Gasteiger charge is 2.17. The second-order valence-corrected chi connectivity index (χ2v) is 5.05. The molecular formula is C17H17N3. The molecule has 0 bridgehead atoms. The van der Waals surface area contributed by atoms with Gasteiger partial charge in [-0.1, -0.05) is 30.3 Å². The second kappa shape index (κ2) is 5.77. The van der Waals surface area contributed by atoms with E-state index in [0.717, 1.165) is 25.2 Å². The van der Waals surface area contributed by atoms with Gasteiger partial charge in [0.2, 0.25) is 0 Å². The van der Waals surface area contributed by atoms with Gasteiger partial charge in [0.05, 0.1) is 17.7 Å². The van der Waals surface area contributed by atoms with Gasteiger partial charge in [-0.05, 0) is 42.3 Å². The monoisotopic (exact) mass is 263 g/mol. The lowest BCUT2D eigenvalue weighted by Gasteiger charge is -2.20. The highest BCUT2D eigenvalue weighted by molar-refractivity contribution is 5.51. The maximum absolute atomic E-state index is 8.98. The molecular weight excluding hydrogens is 246 g/mol. The van der Waals surface area contributed by atoms with E-state index in [1.165, 1.54) is 11.1 Å². The number of anilines is 1. The Hall–Kier alpha value is -2.31. The highest BCUT2D eigenvalue weighted by atomic mass is 14.9. The SMILES string of the molecule is N#Cc1cccc(NC2CCNCc3ccccc32)c1. The number of rotatable bonds is 2. The Bertz CT molecular complexity index is 643. The van der Waals surface area contributed by atoms with Gasteiger partial charge in [0.1, 0.15) is 0 Å². The lowest BCUT2D eigenvalue weighted by atomic mass is 9.99. The Labute approximate surface area is 119 Å². The van der Waals surface area contributed by atoms with E-state index in [4.69, 9.17) is 5.26 Å². The third-order valence-corrected chi connectivity index (χ3v) is 3.69. The molecule has 0 spiro atoms. The van der Waals surface area contributed by atoms with Crippen LogP contribution < -0.4 is 10.6 Å². The van der Waals surface area contributed by atoms with E-state index in [1.54, 1.807) is 0 Å². The van der Waals surface area contributed by atoms with Crippen LogP contribution in [0.15, 0.2) is 48.5 Å². The molecule has 0 saturated heterocycles. The summed E-state index contributed by atoms with van der Waals surface area (Å²) in [6.07, 6.45) is 1.04. The number of nitrogens with one attached hydrogen (secondary N) is 2. The van der Waals surface area contributed by atoms with Crippen LogP contribution in [0.25, 0.3) is 0 Å². The average Bonchev–Trinajstić information content (AvgIpc) is 2.70. The molecule has 0 radical (unpaired) electrons. The zero-order valence-corrected chi connectivity index (χ0v) is 11.3. The van der Waals surface area contributed by atoms with Crippen LogP contribution in [-0.4, -0.2) is 6.54 Å². The molecule has 2 aromatic rings. The van der Waals surface area contributed by atoms with Gasteiger partial charge in [-0.3, -0.25) is 0 Å². The fraction of sp³-hybridized carbons (Fsp3) is 0.235. The van der Waals surface area contributed by atoms with Gasteiger partial charge in [-0.2, -0.15) is 5.26 Å². The summed E-state index contributed by atoms with van der Waals surface area (Å²) in [7, 11) is 0. The second-order valence-electron chi connectivity index (χ2n) is 5.05. The first-order valence-electron chi connectivity index (χ1n) is 6.92. The Morgan fingerprint density at radius 1 is 1.15 bits per heavy atom. The minimum absolute atomic E-state index is 0.287. The van der Waals surface area contributed by atoms with E-state index in [0.29, 0.717) is 5.56 Å². The highest BCUT2D eigenvalue weighted by Crippen LogP contribution is 2.27. The summed E-state index contributed by atoms with van der Waals surface area (Å²) in [4.78, 5) is 0. The third-order valence-electron chi connectivity index (χ3n) is 3.69. The van der Waals surface area contributed by atoms with Crippen molar-refractivity contribution >= 4 is 5.69 Å². The van der Waals surface area contributed by atoms with Crippen molar-refractivity contribution in [3.63, 3.8) is 0 Å². The molecule has 2 N–H and O–H groups in total. The van der Waals surface area contributed by atoms with Crippen LogP contribution >= 0.6 is 0 Å². The lowest BCUT2D eigenvalue weighted by molar-refractivity contribution is 0.637. The fourth-order valence-electron chi connectivity index (χ4n) is 2.69. The molecule has 0 aromatic heterocycles. The maximum Gasteiger partial charge on any atom is 0.0992 e. The quantitative estimate of drug-likeness (QED) is 0.874. The normalized spacial score (nSPS) is 17.6. The van der Waals surface area contributed by atoms with E-state index < -0.39 is 0 Å². The minimum Gasteiger partial charge on any atom is -0.378 e. The molecule has 1 atom stereocenters. The standard InChI is InChI=1S/C17H17N3/c18-11-13-4-3-6-15(10-13)20-17-8-9-19-12-14-5-1-2-7-16(14)17/h1-7,10,17,19-20H,8-9,12H2. The average molecular weight is 263 g/mol. The van der Waals surface area contributed by atoms with Crippen LogP contribution in [0.2, 0.25) is 0 Å². The van der Waals surface area contributed by atoms with Crippen molar-refractivity contribution in [2.75, 3.05) is 11.9 Å². The van der Waals surface area contributed by atoms with Crippen LogP contribution in [0.1, 0.15) is 29.2 Å². The van der Waals surface area contributed by atoms with E-state index in [1.807, 2.05) is 24.3 Å². The summed E-state index contributed by atoms with van der Waals surface area (Å²) in [6, 6.07) is 18.7. The van der Waals surface area contributed by atoms with Crippen molar-refractivity contribution in [3.05, 3.63) is 65.2 Å². The Morgan fingerprint density at radius 3 is 2.95 bits per heavy atom. The number of hydrogen-bond acceptors (Lipinski definition) is 3. The van der Waals surface area contributed by atoms with Crippen LogP contribution in [0.5, 0.6) is 0 Å². The summed E-state index contributed by atoms with van der Waals surface area (Å²) in [5, 5.41) is 16.0. The number of benzene rings is 2. The number of nitriles is 1. The van der Waals surface area contributed by atoms with E-state index in [-0.39, 0.29) is 6.04 Å². The van der Waals surface area contributed by atoms with Crippen molar-refractivity contribution in [2.24, 2.45) is 0 Å². The van der Waals surface area contributed by atoms with Gasteiger partial charge in [0.15, 0.2) is 0 Å². The van der Waals surface area contributed by atoms with Crippen LogP contribution in [0, 0.1) is 11.3 Å². The summed E-state index contributed by atoms with van der Waals surface area (Å²) >= 11 is 0. The Kier molecular flexibility index (Phi) is 3.67. The maximum atomic E-state index is 8.98. The van der Waals surface area contributed by atoms with Gasteiger partial charge < -0.3 is 10.6 Å². The number of fused-ring (bicyclic) bond motifs is 1. The van der Waals surface area contributed by atoms with Crippen molar-refractivity contribution in [3.8, 4) is 6.07 Å². The van der Waals surface area contributed by atoms with Gasteiger partial charge in [-0.25, -0.2) is 0 Å². The minimum atomic E-state index is 0.287. The topological polar surface area (TPSA) is 47.9 Å². The molecule has 0 aliphatic carbocycles. The molecule has 0 fully saturated rings.